The minimum atomic E-state index is 0. The highest BCUT2D eigenvalue weighted by Gasteiger charge is 2.33. The minimum absolute atomic E-state index is 0. The van der Waals surface area contributed by atoms with Crippen molar-refractivity contribution in [3.63, 3.8) is 0 Å². The molecule has 0 spiro atoms. The third-order valence-corrected chi connectivity index (χ3v) is 4.66. The van der Waals surface area contributed by atoms with Crippen molar-refractivity contribution < 1.29 is 4.79 Å². The Balaban J connectivity index is 0.00000132. The van der Waals surface area contributed by atoms with Gasteiger partial charge >= 0.3 is 0 Å². The summed E-state index contributed by atoms with van der Waals surface area (Å²) >= 11 is 1.57. The minimum Gasteiger partial charge on any atom is -0.340 e. The molecule has 2 aromatic rings. The van der Waals surface area contributed by atoms with Crippen LogP contribution < -0.4 is 5.73 Å². The lowest BCUT2D eigenvalue weighted by Gasteiger charge is -2.16. The quantitative estimate of drug-likeness (QED) is 0.895. The van der Waals surface area contributed by atoms with E-state index in [0.717, 1.165) is 12.2 Å². The Kier molecular flexibility index (Phi) is 7.99. The number of aryl methyl sites for hydroxylation is 1. The van der Waals surface area contributed by atoms with Gasteiger partial charge in [0.25, 0.3) is 0 Å². The molecule has 4 nitrogen and oxygen atoms in total. The number of aromatic nitrogens is 1. The summed E-state index contributed by atoms with van der Waals surface area (Å²) in [5.41, 5.74) is 10.2. The third kappa shape index (κ3) is 4.91. The highest BCUT2D eigenvalue weighted by atomic mass is 35.5. The zero-order chi connectivity index (χ0) is 14.7. The third-order valence-electron chi connectivity index (χ3n) is 4.02. The highest BCUT2D eigenvalue weighted by molar-refractivity contribution is 7.07. The summed E-state index contributed by atoms with van der Waals surface area (Å²) in [6.45, 7) is 1.37. The lowest BCUT2D eigenvalue weighted by molar-refractivity contribution is -0.130. The van der Waals surface area contributed by atoms with Crippen LogP contribution in [0.4, 0.5) is 0 Å². The Morgan fingerprint density at radius 1 is 1.26 bits per heavy atom. The molecule has 1 fully saturated rings. The number of hydrogen-bond donors (Lipinski definition) is 1. The number of thiazole rings is 1. The first kappa shape index (κ1) is 19.9. The van der Waals surface area contributed by atoms with Crippen LogP contribution >= 0.6 is 36.2 Å². The zero-order valence-electron chi connectivity index (χ0n) is 12.6. The summed E-state index contributed by atoms with van der Waals surface area (Å²) in [6, 6.07) is 10.3. The maximum atomic E-state index is 12.3. The van der Waals surface area contributed by atoms with Gasteiger partial charge in [0.1, 0.15) is 0 Å². The molecule has 0 bridgehead atoms. The average molecular weight is 374 g/mol. The Morgan fingerprint density at radius 2 is 2.00 bits per heavy atom. The van der Waals surface area contributed by atoms with Gasteiger partial charge in [0.2, 0.25) is 5.91 Å². The number of rotatable bonds is 4. The first-order valence-electron chi connectivity index (χ1n) is 7.19. The van der Waals surface area contributed by atoms with E-state index in [4.69, 9.17) is 5.73 Å². The topological polar surface area (TPSA) is 59.2 Å². The Bertz CT molecular complexity index is 595. The smallest absolute Gasteiger partial charge is 0.223 e. The van der Waals surface area contributed by atoms with Crippen LogP contribution in [0, 0.1) is 0 Å². The van der Waals surface area contributed by atoms with Gasteiger partial charge in [-0.1, -0.05) is 30.3 Å². The van der Waals surface area contributed by atoms with E-state index in [1.807, 2.05) is 28.5 Å². The molecular weight excluding hydrogens is 353 g/mol. The van der Waals surface area contributed by atoms with Gasteiger partial charge < -0.3 is 10.6 Å². The van der Waals surface area contributed by atoms with Gasteiger partial charge in [0, 0.05) is 36.9 Å². The Morgan fingerprint density at radius 3 is 2.65 bits per heavy atom. The number of amides is 1. The molecule has 0 aliphatic carbocycles. The molecule has 0 radical (unpaired) electrons. The van der Waals surface area contributed by atoms with E-state index in [2.05, 4.69) is 17.1 Å². The van der Waals surface area contributed by atoms with Crippen molar-refractivity contribution in [3.05, 3.63) is 52.5 Å². The van der Waals surface area contributed by atoms with Crippen molar-refractivity contribution in [1.82, 2.24) is 9.88 Å². The number of carbonyl (C=O) groups excluding carboxylic acids is 1. The molecule has 1 aromatic heterocycles. The molecular formula is C16H21Cl2N3OS. The maximum absolute atomic E-state index is 12.3. The first-order valence-corrected chi connectivity index (χ1v) is 8.13. The van der Waals surface area contributed by atoms with Gasteiger partial charge in [-0.25, -0.2) is 4.98 Å². The molecule has 1 saturated heterocycles. The highest BCUT2D eigenvalue weighted by Crippen LogP contribution is 2.26. The van der Waals surface area contributed by atoms with Gasteiger partial charge in [0.15, 0.2) is 0 Å². The van der Waals surface area contributed by atoms with Crippen LogP contribution in [0.2, 0.25) is 0 Å². The fourth-order valence-electron chi connectivity index (χ4n) is 2.84. The summed E-state index contributed by atoms with van der Waals surface area (Å²) < 4.78 is 0. The van der Waals surface area contributed by atoms with Crippen LogP contribution in [0.15, 0.2) is 41.2 Å². The molecule has 1 amide bonds. The molecule has 2 atom stereocenters. The first-order chi connectivity index (χ1) is 10.2. The zero-order valence-corrected chi connectivity index (χ0v) is 15.1. The molecule has 2 N–H and O–H groups in total. The molecule has 0 saturated carbocycles. The lowest BCUT2D eigenvalue weighted by atomic mass is 9.95. The number of halogens is 2. The summed E-state index contributed by atoms with van der Waals surface area (Å²) in [6.07, 6.45) is 1.22. The number of likely N-dealkylation sites (tertiary alicyclic amines) is 1. The van der Waals surface area contributed by atoms with Crippen LogP contribution in [0.1, 0.15) is 23.6 Å². The van der Waals surface area contributed by atoms with Crippen molar-refractivity contribution in [2.24, 2.45) is 5.73 Å². The Hall–Kier alpha value is -1.14. The Labute approximate surface area is 152 Å². The van der Waals surface area contributed by atoms with E-state index in [-0.39, 0.29) is 42.7 Å². The summed E-state index contributed by atoms with van der Waals surface area (Å²) in [5.74, 6) is 0.423. The standard InChI is InChI=1S/C16H19N3OS.2ClH/c17-15-9-19(8-14(15)12-4-2-1-3-5-12)16(20)7-6-13-10-21-11-18-13;;/h1-5,10-11,14-15H,6-9,17H2;2*1H/t14-,15+;;/m0../s1. The van der Waals surface area contributed by atoms with Crippen LogP contribution in [0.5, 0.6) is 0 Å². The van der Waals surface area contributed by atoms with E-state index in [9.17, 15) is 4.79 Å². The summed E-state index contributed by atoms with van der Waals surface area (Å²) in [7, 11) is 0. The molecule has 3 rings (SSSR count). The molecule has 126 valence electrons. The second kappa shape index (κ2) is 9.23. The predicted octanol–water partition coefficient (Wildman–Crippen LogP) is 2.87. The summed E-state index contributed by atoms with van der Waals surface area (Å²) in [4.78, 5) is 18.4. The van der Waals surface area contributed by atoms with Crippen molar-refractivity contribution in [2.45, 2.75) is 24.8 Å². The second-order valence-electron chi connectivity index (χ2n) is 5.46. The van der Waals surface area contributed by atoms with Crippen molar-refractivity contribution >= 4 is 42.1 Å². The van der Waals surface area contributed by atoms with Crippen molar-refractivity contribution in [1.29, 1.82) is 0 Å². The molecule has 1 aromatic carbocycles. The molecule has 2 heterocycles. The number of nitrogens with two attached hydrogens (primary N) is 1. The van der Waals surface area contributed by atoms with Crippen LogP contribution in [-0.4, -0.2) is 34.9 Å². The fraction of sp³-hybridized carbons (Fsp3) is 0.375. The normalized spacial score (nSPS) is 19.8. The van der Waals surface area contributed by atoms with Gasteiger partial charge in [-0.05, 0) is 12.0 Å². The lowest BCUT2D eigenvalue weighted by Crippen LogP contribution is -2.32. The van der Waals surface area contributed by atoms with E-state index in [1.165, 1.54) is 5.56 Å². The van der Waals surface area contributed by atoms with Crippen LogP contribution in [-0.2, 0) is 11.2 Å². The van der Waals surface area contributed by atoms with Crippen LogP contribution in [0.3, 0.4) is 0 Å². The monoisotopic (exact) mass is 373 g/mol. The molecule has 7 heteroatoms. The molecule has 1 aliphatic rings. The van der Waals surface area contributed by atoms with Gasteiger partial charge in [0.05, 0.1) is 11.2 Å². The van der Waals surface area contributed by atoms with E-state index < -0.39 is 0 Å². The van der Waals surface area contributed by atoms with E-state index in [1.54, 1.807) is 16.8 Å². The maximum Gasteiger partial charge on any atom is 0.223 e. The van der Waals surface area contributed by atoms with Crippen LogP contribution in [0.25, 0.3) is 0 Å². The summed E-state index contributed by atoms with van der Waals surface area (Å²) in [5, 5.41) is 2.00. The number of benzene rings is 1. The second-order valence-corrected chi connectivity index (χ2v) is 6.18. The fourth-order valence-corrected chi connectivity index (χ4v) is 3.43. The van der Waals surface area contributed by atoms with E-state index >= 15 is 0 Å². The van der Waals surface area contributed by atoms with Gasteiger partial charge in [-0.2, -0.15) is 0 Å². The molecule has 23 heavy (non-hydrogen) atoms. The van der Waals surface area contributed by atoms with Gasteiger partial charge in [-0.15, -0.1) is 36.2 Å². The number of carbonyl (C=O) groups is 1. The molecule has 1 aliphatic heterocycles. The predicted molar refractivity (Wildman–Crippen MR) is 98.7 cm³/mol. The average Bonchev–Trinajstić information content (AvgIpc) is 3.15. The van der Waals surface area contributed by atoms with Crippen molar-refractivity contribution in [3.8, 4) is 0 Å². The number of hydrogen-bond acceptors (Lipinski definition) is 4. The number of nitrogens with zero attached hydrogens (tertiary/aromatic N) is 2. The largest absolute Gasteiger partial charge is 0.340 e. The SMILES string of the molecule is Cl.Cl.N[C@@H]1CN(C(=O)CCc2cscn2)C[C@H]1c1ccccc1. The van der Waals surface area contributed by atoms with E-state index in [0.29, 0.717) is 19.4 Å². The molecule has 0 unspecified atom stereocenters. The van der Waals surface area contributed by atoms with Gasteiger partial charge in [-0.3, -0.25) is 4.79 Å². The van der Waals surface area contributed by atoms with Crippen molar-refractivity contribution in [2.75, 3.05) is 13.1 Å².